The minimum atomic E-state index is -5.90. The number of aliphatic hydroxyl groups is 4. The first-order chi connectivity index (χ1) is 8.47. The van der Waals surface area contributed by atoms with E-state index in [4.69, 9.17) is 15.3 Å². The predicted octanol–water partition coefficient (Wildman–Crippen LogP) is 1.60. The van der Waals surface area contributed by atoms with Gasteiger partial charge < -0.3 is 25.2 Å². The fourth-order valence-corrected chi connectivity index (χ4v) is 0.971. The van der Waals surface area contributed by atoms with Crippen molar-refractivity contribution in [2.24, 2.45) is 0 Å². The van der Waals surface area contributed by atoms with Crippen molar-refractivity contribution in [2.75, 3.05) is 6.67 Å². The molecule has 0 saturated heterocycles. The van der Waals surface area contributed by atoms with Gasteiger partial charge >= 0.3 is 18.0 Å². The van der Waals surface area contributed by atoms with Crippen LogP contribution in [0.5, 0.6) is 0 Å². The molecular formula is C8H7F5O6. The van der Waals surface area contributed by atoms with Gasteiger partial charge in [-0.2, -0.15) is 17.6 Å². The standard InChI is InChI=1S/C8H7F5O6/c9-2-6(10,8(11,12)13)19-7(17)5(16)4(15)3(14)1-18-7/h1,14-17H,2H2. The number of ether oxygens (including phenoxy) is 2. The first-order valence-corrected chi connectivity index (χ1v) is 4.41. The lowest BCUT2D eigenvalue weighted by molar-refractivity contribution is -0.447. The fourth-order valence-electron chi connectivity index (χ4n) is 0.971. The summed E-state index contributed by atoms with van der Waals surface area (Å²) < 4.78 is 69.2. The molecule has 19 heavy (non-hydrogen) atoms. The lowest BCUT2D eigenvalue weighted by atomic mass is 10.2. The van der Waals surface area contributed by atoms with Gasteiger partial charge in [-0.1, -0.05) is 0 Å². The minimum absolute atomic E-state index is 0.0596. The molecule has 1 aliphatic heterocycles. The van der Waals surface area contributed by atoms with Crippen LogP contribution in [0.4, 0.5) is 22.0 Å². The lowest BCUT2D eigenvalue weighted by Gasteiger charge is -2.35. The van der Waals surface area contributed by atoms with Crippen molar-refractivity contribution in [1.29, 1.82) is 0 Å². The van der Waals surface area contributed by atoms with Crippen molar-refractivity contribution in [3.8, 4) is 0 Å². The molecule has 1 aliphatic rings. The topological polar surface area (TPSA) is 99.4 Å². The van der Waals surface area contributed by atoms with Gasteiger partial charge in [0.25, 0.3) is 0 Å². The quantitative estimate of drug-likeness (QED) is 0.466. The van der Waals surface area contributed by atoms with Crippen LogP contribution in [0.2, 0.25) is 0 Å². The smallest absolute Gasteiger partial charge is 0.451 e. The van der Waals surface area contributed by atoms with Crippen LogP contribution in [0.1, 0.15) is 0 Å². The Morgan fingerprint density at radius 2 is 1.74 bits per heavy atom. The molecule has 0 aliphatic carbocycles. The number of aliphatic hydroxyl groups excluding tert-OH is 3. The van der Waals surface area contributed by atoms with Crippen molar-refractivity contribution in [3.63, 3.8) is 0 Å². The molecule has 2 atom stereocenters. The highest BCUT2D eigenvalue weighted by molar-refractivity contribution is 5.25. The van der Waals surface area contributed by atoms with Crippen molar-refractivity contribution < 1.29 is 51.9 Å². The molecule has 0 fully saturated rings. The average Bonchev–Trinajstić information content (AvgIpc) is 2.30. The summed E-state index contributed by atoms with van der Waals surface area (Å²) >= 11 is 0. The monoisotopic (exact) mass is 294 g/mol. The van der Waals surface area contributed by atoms with Gasteiger partial charge in [-0.25, -0.2) is 4.39 Å². The summed E-state index contributed by atoms with van der Waals surface area (Å²) in [6.45, 7) is -2.76. The zero-order valence-corrected chi connectivity index (χ0v) is 8.78. The minimum Gasteiger partial charge on any atom is -0.502 e. The van der Waals surface area contributed by atoms with E-state index in [9.17, 15) is 27.1 Å². The third-order valence-electron chi connectivity index (χ3n) is 1.99. The van der Waals surface area contributed by atoms with Crippen LogP contribution in [-0.2, 0) is 9.47 Å². The molecule has 0 spiro atoms. The van der Waals surface area contributed by atoms with E-state index in [-0.39, 0.29) is 6.26 Å². The third kappa shape index (κ3) is 2.51. The van der Waals surface area contributed by atoms with Gasteiger partial charge in [0.2, 0.25) is 11.5 Å². The molecule has 4 N–H and O–H groups in total. The number of halogens is 5. The summed E-state index contributed by atoms with van der Waals surface area (Å²) in [5, 5.41) is 36.1. The zero-order chi connectivity index (χ0) is 15.1. The first kappa shape index (κ1) is 15.3. The molecular weight excluding hydrogens is 287 g/mol. The van der Waals surface area contributed by atoms with E-state index in [1.807, 2.05) is 0 Å². The molecule has 0 aromatic heterocycles. The van der Waals surface area contributed by atoms with Crippen LogP contribution in [0.3, 0.4) is 0 Å². The Balaban J connectivity index is 3.12. The van der Waals surface area contributed by atoms with Gasteiger partial charge in [0.05, 0.1) is 0 Å². The van der Waals surface area contributed by atoms with Crippen LogP contribution >= 0.6 is 0 Å². The number of hydrogen-bond donors (Lipinski definition) is 4. The van der Waals surface area contributed by atoms with Crippen molar-refractivity contribution in [1.82, 2.24) is 0 Å². The van der Waals surface area contributed by atoms with Crippen LogP contribution in [0, 0.1) is 0 Å². The van der Waals surface area contributed by atoms with Crippen LogP contribution in [-0.4, -0.2) is 45.1 Å². The predicted molar refractivity (Wildman–Crippen MR) is 46.0 cm³/mol. The molecule has 11 heteroatoms. The molecule has 0 aromatic carbocycles. The van der Waals surface area contributed by atoms with Gasteiger partial charge in [0, 0.05) is 0 Å². The Labute approximate surface area is 101 Å². The zero-order valence-electron chi connectivity index (χ0n) is 8.78. The average molecular weight is 294 g/mol. The molecule has 0 saturated carbocycles. The number of alkyl halides is 5. The Kier molecular flexibility index (Phi) is 3.56. The summed E-state index contributed by atoms with van der Waals surface area (Å²) in [6.07, 6.45) is -5.84. The summed E-state index contributed by atoms with van der Waals surface area (Å²) in [4.78, 5) is 0. The SMILES string of the molecule is OC1=COC(O)(OC(F)(CF)C(F)(F)F)C(O)=C1O. The second-order valence-electron chi connectivity index (χ2n) is 3.36. The van der Waals surface area contributed by atoms with Crippen LogP contribution in [0.25, 0.3) is 0 Å². The van der Waals surface area contributed by atoms with E-state index >= 15 is 0 Å². The second-order valence-corrected chi connectivity index (χ2v) is 3.36. The summed E-state index contributed by atoms with van der Waals surface area (Å²) in [5.41, 5.74) is 0. The lowest BCUT2D eigenvalue weighted by Crippen LogP contribution is -2.54. The van der Waals surface area contributed by atoms with E-state index in [1.165, 1.54) is 0 Å². The number of hydrogen-bond acceptors (Lipinski definition) is 6. The number of rotatable bonds is 3. The Hall–Kier alpha value is -1.75. The maximum absolute atomic E-state index is 13.2. The van der Waals surface area contributed by atoms with E-state index in [1.54, 1.807) is 0 Å². The van der Waals surface area contributed by atoms with Crippen molar-refractivity contribution in [3.05, 3.63) is 23.5 Å². The van der Waals surface area contributed by atoms with Gasteiger partial charge in [-0.15, -0.1) is 0 Å². The molecule has 2 unspecified atom stereocenters. The maximum Gasteiger partial charge on any atom is 0.451 e. The molecule has 110 valence electrons. The normalized spacial score (nSPS) is 27.6. The highest BCUT2D eigenvalue weighted by Crippen LogP contribution is 2.41. The summed E-state index contributed by atoms with van der Waals surface area (Å²) in [7, 11) is 0. The van der Waals surface area contributed by atoms with E-state index in [0.29, 0.717) is 0 Å². The van der Waals surface area contributed by atoms with Gasteiger partial charge in [0.15, 0.2) is 12.4 Å². The summed E-state index contributed by atoms with van der Waals surface area (Å²) in [6, 6.07) is 0. The molecule has 0 amide bonds. The van der Waals surface area contributed by atoms with Crippen molar-refractivity contribution in [2.45, 2.75) is 18.0 Å². The van der Waals surface area contributed by atoms with Crippen LogP contribution in [0.15, 0.2) is 23.5 Å². The van der Waals surface area contributed by atoms with Crippen molar-refractivity contribution >= 4 is 0 Å². The van der Waals surface area contributed by atoms with E-state index in [2.05, 4.69) is 9.47 Å². The van der Waals surface area contributed by atoms with Gasteiger partial charge in [-0.3, -0.25) is 4.74 Å². The summed E-state index contributed by atoms with van der Waals surface area (Å²) in [5.74, 6) is -13.4. The van der Waals surface area contributed by atoms with E-state index in [0.717, 1.165) is 0 Å². The van der Waals surface area contributed by atoms with E-state index < -0.39 is 42.0 Å². The molecule has 1 rings (SSSR count). The first-order valence-electron chi connectivity index (χ1n) is 4.41. The molecule has 0 bridgehead atoms. The third-order valence-corrected chi connectivity index (χ3v) is 1.99. The molecule has 6 nitrogen and oxygen atoms in total. The van der Waals surface area contributed by atoms with Gasteiger partial charge in [-0.05, 0) is 0 Å². The highest BCUT2D eigenvalue weighted by atomic mass is 19.4. The second kappa shape index (κ2) is 4.42. The molecule has 0 aromatic rings. The van der Waals surface area contributed by atoms with Crippen LogP contribution < -0.4 is 0 Å². The maximum atomic E-state index is 13.2. The Morgan fingerprint density at radius 3 is 2.16 bits per heavy atom. The Morgan fingerprint density at radius 1 is 1.21 bits per heavy atom. The highest BCUT2D eigenvalue weighted by Gasteiger charge is 2.64. The van der Waals surface area contributed by atoms with Gasteiger partial charge in [0.1, 0.15) is 6.26 Å². The molecule has 0 radical (unpaired) electrons. The molecule has 1 heterocycles. The fraction of sp³-hybridized carbons (Fsp3) is 0.500. The Bertz CT molecular complexity index is 432. The largest absolute Gasteiger partial charge is 0.502 e.